The summed E-state index contributed by atoms with van der Waals surface area (Å²) in [7, 11) is 1.29. The van der Waals surface area contributed by atoms with Crippen LogP contribution in [0.25, 0.3) is 0 Å². The molecule has 0 N–H and O–H groups in total. The average molecular weight is 380 g/mol. The van der Waals surface area contributed by atoms with Crippen LogP contribution in [0, 0.1) is 5.92 Å². The number of benzene rings is 1. The van der Waals surface area contributed by atoms with Crippen LogP contribution in [0.4, 0.5) is 13.2 Å². The summed E-state index contributed by atoms with van der Waals surface area (Å²) in [6.45, 7) is 0.883. The fraction of sp³-hybridized carbons (Fsp3) is 0.533. The molecule has 1 heterocycles. The normalized spacial score (nSPS) is 20.0. The molecule has 1 aliphatic heterocycles. The van der Waals surface area contributed by atoms with Crippen molar-refractivity contribution >= 4 is 21.9 Å². The maximum atomic E-state index is 12.9. The summed E-state index contributed by atoms with van der Waals surface area (Å²) in [4.78, 5) is 13.6. The number of ether oxygens (including phenoxy) is 1. The number of hydrogen-bond donors (Lipinski definition) is 0. The second-order valence-corrected chi connectivity index (χ2v) is 6.32. The Morgan fingerprint density at radius 3 is 2.82 bits per heavy atom. The molecule has 1 aromatic rings. The van der Waals surface area contributed by atoms with Gasteiger partial charge in [-0.15, -0.1) is 0 Å². The number of rotatable bonds is 3. The highest BCUT2D eigenvalue weighted by molar-refractivity contribution is 9.10. The van der Waals surface area contributed by atoms with Gasteiger partial charge in [0.1, 0.15) is 0 Å². The highest BCUT2D eigenvalue weighted by Gasteiger charge is 2.41. The molecule has 0 amide bonds. The molecule has 2 rings (SSSR count). The summed E-state index contributed by atoms with van der Waals surface area (Å²) in [5.74, 6) is -1.78. The molecule has 0 bridgehead atoms. The summed E-state index contributed by atoms with van der Waals surface area (Å²) in [5, 5.41) is 0. The van der Waals surface area contributed by atoms with Crippen LogP contribution in [0.15, 0.2) is 22.7 Å². The first kappa shape index (κ1) is 17.3. The number of alkyl halides is 3. The van der Waals surface area contributed by atoms with Gasteiger partial charge in [0.2, 0.25) is 0 Å². The van der Waals surface area contributed by atoms with E-state index < -0.39 is 18.1 Å². The molecule has 1 saturated heterocycles. The van der Waals surface area contributed by atoms with Crippen molar-refractivity contribution < 1.29 is 22.7 Å². The first-order valence-electron chi connectivity index (χ1n) is 6.97. The smallest absolute Gasteiger partial charge is 0.393 e. The lowest BCUT2D eigenvalue weighted by molar-refractivity contribution is -0.187. The number of likely N-dealkylation sites (tertiary alicyclic amines) is 1. The topological polar surface area (TPSA) is 29.5 Å². The number of hydrogen-bond acceptors (Lipinski definition) is 3. The quantitative estimate of drug-likeness (QED) is 0.743. The molecule has 0 spiro atoms. The first-order chi connectivity index (χ1) is 10.3. The van der Waals surface area contributed by atoms with Crippen molar-refractivity contribution in [2.75, 3.05) is 20.2 Å². The molecule has 22 heavy (non-hydrogen) atoms. The van der Waals surface area contributed by atoms with Crippen LogP contribution >= 0.6 is 15.9 Å². The molecule has 1 aromatic carbocycles. The van der Waals surface area contributed by atoms with E-state index in [-0.39, 0.29) is 13.0 Å². The molecule has 3 nitrogen and oxygen atoms in total. The predicted molar refractivity (Wildman–Crippen MR) is 79.5 cm³/mol. The number of carbonyl (C=O) groups is 1. The van der Waals surface area contributed by atoms with Crippen LogP contribution in [0.2, 0.25) is 0 Å². The van der Waals surface area contributed by atoms with Crippen LogP contribution in [0.3, 0.4) is 0 Å². The van der Waals surface area contributed by atoms with E-state index in [9.17, 15) is 18.0 Å². The molecule has 0 saturated carbocycles. The van der Waals surface area contributed by atoms with Gasteiger partial charge in [0, 0.05) is 17.6 Å². The fourth-order valence-corrected chi connectivity index (χ4v) is 3.05. The lowest BCUT2D eigenvalue weighted by Gasteiger charge is -2.34. The van der Waals surface area contributed by atoms with Gasteiger partial charge in [-0.2, -0.15) is 13.2 Å². The van der Waals surface area contributed by atoms with Gasteiger partial charge in [0.25, 0.3) is 0 Å². The van der Waals surface area contributed by atoms with Gasteiger partial charge in [-0.05, 0) is 37.1 Å². The Balaban J connectivity index is 2.15. The van der Waals surface area contributed by atoms with Crippen LogP contribution in [-0.4, -0.2) is 37.2 Å². The number of methoxy groups -OCH3 is 1. The van der Waals surface area contributed by atoms with E-state index in [1.54, 1.807) is 23.1 Å². The Kier molecular flexibility index (Phi) is 5.50. The second kappa shape index (κ2) is 7.00. The molecular weight excluding hydrogens is 363 g/mol. The van der Waals surface area contributed by atoms with Gasteiger partial charge in [0.15, 0.2) is 0 Å². The molecule has 0 aliphatic carbocycles. The van der Waals surface area contributed by atoms with Crippen LogP contribution < -0.4 is 0 Å². The number of esters is 1. The Bertz CT molecular complexity index is 548. The van der Waals surface area contributed by atoms with Crippen molar-refractivity contribution in [3.63, 3.8) is 0 Å². The van der Waals surface area contributed by atoms with E-state index in [1.165, 1.54) is 7.11 Å². The molecule has 1 unspecified atom stereocenters. The number of halogens is 4. The highest BCUT2D eigenvalue weighted by Crippen LogP contribution is 2.33. The predicted octanol–water partition coefficient (Wildman–Crippen LogP) is 4.01. The lowest BCUT2D eigenvalue weighted by atomic mass is 9.96. The zero-order valence-electron chi connectivity index (χ0n) is 12.1. The number of nitrogens with zero attached hydrogens (tertiary/aromatic N) is 1. The Hall–Kier alpha value is -1.08. The third kappa shape index (κ3) is 4.23. The van der Waals surface area contributed by atoms with Gasteiger partial charge in [-0.1, -0.05) is 22.0 Å². The maximum Gasteiger partial charge on any atom is 0.393 e. The largest absolute Gasteiger partial charge is 0.465 e. The van der Waals surface area contributed by atoms with E-state index in [0.717, 1.165) is 4.47 Å². The van der Waals surface area contributed by atoms with E-state index in [0.29, 0.717) is 30.6 Å². The van der Waals surface area contributed by atoms with E-state index in [1.807, 2.05) is 0 Å². The lowest BCUT2D eigenvalue weighted by Crippen LogP contribution is -2.41. The first-order valence-corrected chi connectivity index (χ1v) is 7.76. The summed E-state index contributed by atoms with van der Waals surface area (Å²) in [6, 6.07) is 5.15. The Morgan fingerprint density at radius 2 is 2.18 bits per heavy atom. The Morgan fingerprint density at radius 1 is 1.45 bits per heavy atom. The summed E-state index contributed by atoms with van der Waals surface area (Å²) >= 11 is 3.28. The number of piperidine rings is 1. The molecule has 0 aromatic heterocycles. The monoisotopic (exact) mass is 379 g/mol. The molecule has 1 fully saturated rings. The van der Waals surface area contributed by atoms with Crippen LogP contribution in [0.5, 0.6) is 0 Å². The Labute approximate surface area is 135 Å². The third-order valence-corrected chi connectivity index (χ3v) is 4.33. The summed E-state index contributed by atoms with van der Waals surface area (Å²) in [6.07, 6.45) is -3.48. The zero-order chi connectivity index (χ0) is 16.3. The van der Waals surface area contributed by atoms with E-state index in [2.05, 4.69) is 15.9 Å². The van der Waals surface area contributed by atoms with Crippen molar-refractivity contribution in [3.8, 4) is 0 Å². The van der Waals surface area contributed by atoms with Crippen molar-refractivity contribution in [3.05, 3.63) is 33.8 Å². The van der Waals surface area contributed by atoms with Gasteiger partial charge in [-0.25, -0.2) is 4.79 Å². The minimum absolute atomic E-state index is 0.0276. The summed E-state index contributed by atoms with van der Waals surface area (Å²) in [5.41, 5.74) is 1.06. The van der Waals surface area contributed by atoms with Crippen molar-refractivity contribution in [1.29, 1.82) is 0 Å². The van der Waals surface area contributed by atoms with Gasteiger partial charge in [-0.3, -0.25) is 4.90 Å². The molecular formula is C15H17BrF3NO2. The van der Waals surface area contributed by atoms with Crippen LogP contribution in [-0.2, 0) is 11.3 Å². The maximum absolute atomic E-state index is 12.9. The van der Waals surface area contributed by atoms with Crippen LogP contribution in [0.1, 0.15) is 28.8 Å². The van der Waals surface area contributed by atoms with Crippen molar-refractivity contribution in [1.82, 2.24) is 4.90 Å². The average Bonchev–Trinajstić information content (AvgIpc) is 2.47. The molecule has 7 heteroatoms. The van der Waals surface area contributed by atoms with Crippen molar-refractivity contribution in [2.45, 2.75) is 25.6 Å². The third-order valence-electron chi connectivity index (χ3n) is 3.84. The molecule has 0 radical (unpaired) electrons. The zero-order valence-corrected chi connectivity index (χ0v) is 13.7. The SMILES string of the molecule is COC(=O)c1cc(Br)ccc1CN1CCCC(C(F)(F)F)C1. The molecule has 1 aliphatic rings. The van der Waals surface area contributed by atoms with E-state index >= 15 is 0 Å². The van der Waals surface area contributed by atoms with E-state index in [4.69, 9.17) is 4.74 Å². The number of carbonyl (C=O) groups excluding carboxylic acids is 1. The van der Waals surface area contributed by atoms with Gasteiger partial charge >= 0.3 is 12.1 Å². The fourth-order valence-electron chi connectivity index (χ4n) is 2.69. The highest BCUT2D eigenvalue weighted by atomic mass is 79.9. The minimum Gasteiger partial charge on any atom is -0.465 e. The van der Waals surface area contributed by atoms with Gasteiger partial charge < -0.3 is 4.74 Å². The van der Waals surface area contributed by atoms with Crippen molar-refractivity contribution in [2.24, 2.45) is 5.92 Å². The minimum atomic E-state index is -4.16. The second-order valence-electron chi connectivity index (χ2n) is 5.41. The molecule has 1 atom stereocenters. The van der Waals surface area contributed by atoms with Gasteiger partial charge in [0.05, 0.1) is 18.6 Å². The summed E-state index contributed by atoms with van der Waals surface area (Å²) < 4.78 is 44.0. The standard InChI is InChI=1S/C15H17BrF3NO2/c1-22-14(21)13-7-12(16)5-4-10(13)8-20-6-2-3-11(9-20)15(17,18)19/h4-5,7,11H,2-3,6,8-9H2,1H3. The molecule has 122 valence electrons.